The topological polar surface area (TPSA) is 77.8 Å². The SMILES string of the molecule is CC1C(C(=O)O)CCN1C(=O)c1cc(I)ccc1O. The van der Waals surface area contributed by atoms with Crippen LogP contribution in [0.15, 0.2) is 18.2 Å². The molecule has 2 atom stereocenters. The first-order valence-electron chi connectivity index (χ1n) is 5.94. The van der Waals surface area contributed by atoms with Gasteiger partial charge in [-0.1, -0.05) is 0 Å². The second-order valence-electron chi connectivity index (χ2n) is 4.63. The van der Waals surface area contributed by atoms with Crippen LogP contribution in [0, 0.1) is 9.49 Å². The Morgan fingerprint density at radius 3 is 2.68 bits per heavy atom. The molecule has 0 radical (unpaired) electrons. The molecule has 0 bridgehead atoms. The van der Waals surface area contributed by atoms with Gasteiger partial charge in [0, 0.05) is 16.2 Å². The summed E-state index contributed by atoms with van der Waals surface area (Å²) in [5.41, 5.74) is 0.227. The van der Waals surface area contributed by atoms with Gasteiger partial charge in [-0.2, -0.15) is 0 Å². The molecule has 1 aromatic carbocycles. The van der Waals surface area contributed by atoms with Crippen molar-refractivity contribution in [2.75, 3.05) is 6.54 Å². The van der Waals surface area contributed by atoms with Gasteiger partial charge in [-0.3, -0.25) is 9.59 Å². The smallest absolute Gasteiger partial charge is 0.308 e. The molecule has 102 valence electrons. The Kier molecular flexibility index (Phi) is 3.98. The van der Waals surface area contributed by atoms with E-state index in [0.717, 1.165) is 3.57 Å². The van der Waals surface area contributed by atoms with Gasteiger partial charge in [0.05, 0.1) is 11.5 Å². The number of hydrogen-bond donors (Lipinski definition) is 2. The Hall–Kier alpha value is -1.31. The summed E-state index contributed by atoms with van der Waals surface area (Å²) in [6.07, 6.45) is 0.451. The van der Waals surface area contributed by atoms with Crippen LogP contribution in [0.25, 0.3) is 0 Å². The van der Waals surface area contributed by atoms with E-state index >= 15 is 0 Å². The number of halogens is 1. The summed E-state index contributed by atoms with van der Waals surface area (Å²) >= 11 is 2.06. The average molecular weight is 375 g/mol. The van der Waals surface area contributed by atoms with Gasteiger partial charge in [0.25, 0.3) is 5.91 Å². The van der Waals surface area contributed by atoms with Gasteiger partial charge < -0.3 is 15.1 Å². The normalized spacial score (nSPS) is 22.5. The number of hydrogen-bond acceptors (Lipinski definition) is 3. The van der Waals surface area contributed by atoms with E-state index in [1.807, 2.05) is 0 Å². The van der Waals surface area contributed by atoms with Crippen LogP contribution in [-0.2, 0) is 4.79 Å². The summed E-state index contributed by atoms with van der Waals surface area (Å²) < 4.78 is 0.848. The van der Waals surface area contributed by atoms with E-state index in [0.29, 0.717) is 13.0 Å². The first kappa shape index (κ1) is 14.1. The van der Waals surface area contributed by atoms with Crippen LogP contribution in [0.5, 0.6) is 5.75 Å². The molecule has 1 aromatic rings. The Morgan fingerprint density at radius 2 is 2.11 bits per heavy atom. The third-order valence-electron chi connectivity index (χ3n) is 3.52. The van der Waals surface area contributed by atoms with E-state index in [4.69, 9.17) is 5.11 Å². The number of aromatic hydroxyl groups is 1. The third kappa shape index (κ3) is 2.68. The number of nitrogens with zero attached hydrogens (tertiary/aromatic N) is 1. The van der Waals surface area contributed by atoms with E-state index in [1.165, 1.54) is 11.0 Å². The van der Waals surface area contributed by atoms with Crippen LogP contribution in [0.3, 0.4) is 0 Å². The molecule has 6 heteroatoms. The van der Waals surface area contributed by atoms with Gasteiger partial charge in [-0.15, -0.1) is 0 Å². The Balaban J connectivity index is 2.26. The molecule has 0 spiro atoms. The van der Waals surface area contributed by atoms with Crippen molar-refractivity contribution in [2.45, 2.75) is 19.4 Å². The number of carboxylic acids is 1. The molecular weight excluding hydrogens is 361 g/mol. The number of rotatable bonds is 2. The molecular formula is C13H14INO4. The maximum atomic E-state index is 12.4. The highest BCUT2D eigenvalue weighted by atomic mass is 127. The van der Waals surface area contributed by atoms with E-state index in [9.17, 15) is 14.7 Å². The second-order valence-corrected chi connectivity index (χ2v) is 5.88. The van der Waals surface area contributed by atoms with Crippen LogP contribution < -0.4 is 0 Å². The number of phenolic OH excluding ortho intramolecular Hbond substituents is 1. The molecule has 1 heterocycles. The molecule has 2 unspecified atom stereocenters. The number of benzene rings is 1. The lowest BCUT2D eigenvalue weighted by atomic mass is 10.0. The van der Waals surface area contributed by atoms with Gasteiger partial charge in [0.2, 0.25) is 0 Å². The zero-order chi connectivity index (χ0) is 14.2. The van der Waals surface area contributed by atoms with Crippen molar-refractivity contribution < 1.29 is 19.8 Å². The number of carbonyl (C=O) groups is 2. The lowest BCUT2D eigenvalue weighted by Crippen LogP contribution is -2.37. The Bertz CT molecular complexity index is 531. The highest BCUT2D eigenvalue weighted by Gasteiger charge is 2.38. The molecule has 1 aliphatic heterocycles. The van der Waals surface area contributed by atoms with Crippen molar-refractivity contribution in [3.8, 4) is 5.75 Å². The fraction of sp³-hybridized carbons (Fsp3) is 0.385. The Morgan fingerprint density at radius 1 is 1.42 bits per heavy atom. The van der Waals surface area contributed by atoms with Crippen LogP contribution in [0.2, 0.25) is 0 Å². The summed E-state index contributed by atoms with van der Waals surface area (Å²) in [6, 6.07) is 4.44. The van der Waals surface area contributed by atoms with Crippen molar-refractivity contribution in [1.82, 2.24) is 4.90 Å². The number of carboxylic acid groups (broad SMARTS) is 1. The number of aliphatic carboxylic acids is 1. The number of carbonyl (C=O) groups excluding carboxylic acids is 1. The number of amides is 1. The first-order chi connectivity index (χ1) is 8.91. The van der Waals surface area contributed by atoms with Crippen molar-refractivity contribution in [1.29, 1.82) is 0 Å². The van der Waals surface area contributed by atoms with E-state index < -0.39 is 11.9 Å². The Labute approximate surface area is 124 Å². The van der Waals surface area contributed by atoms with Crippen molar-refractivity contribution in [2.24, 2.45) is 5.92 Å². The standard InChI is InChI=1S/C13H14INO4/c1-7-9(13(18)19)4-5-15(7)12(17)10-6-8(14)2-3-11(10)16/h2-3,6-7,9,16H,4-5H2,1H3,(H,18,19). The quantitative estimate of drug-likeness (QED) is 0.775. The highest BCUT2D eigenvalue weighted by molar-refractivity contribution is 14.1. The molecule has 2 rings (SSSR count). The lowest BCUT2D eigenvalue weighted by Gasteiger charge is -2.23. The molecule has 1 amide bonds. The molecule has 1 aliphatic rings. The zero-order valence-electron chi connectivity index (χ0n) is 10.3. The second kappa shape index (κ2) is 5.36. The van der Waals surface area contributed by atoms with Gasteiger partial charge in [-0.05, 0) is 54.1 Å². The van der Waals surface area contributed by atoms with Gasteiger partial charge in [0.15, 0.2) is 0 Å². The molecule has 0 aromatic heterocycles. The van der Waals surface area contributed by atoms with Gasteiger partial charge in [0.1, 0.15) is 5.75 Å². The van der Waals surface area contributed by atoms with Gasteiger partial charge in [-0.25, -0.2) is 0 Å². The number of phenols is 1. The lowest BCUT2D eigenvalue weighted by molar-refractivity contribution is -0.142. The minimum absolute atomic E-state index is 0.0728. The van der Waals surface area contributed by atoms with Crippen LogP contribution in [-0.4, -0.2) is 39.6 Å². The fourth-order valence-corrected chi connectivity index (χ4v) is 2.88. The molecule has 0 aliphatic carbocycles. The molecule has 1 saturated heterocycles. The third-order valence-corrected chi connectivity index (χ3v) is 4.19. The zero-order valence-corrected chi connectivity index (χ0v) is 12.5. The molecule has 0 saturated carbocycles. The summed E-state index contributed by atoms with van der Waals surface area (Å²) in [5.74, 6) is -1.80. The molecule has 1 fully saturated rings. The van der Waals surface area contributed by atoms with Crippen molar-refractivity contribution in [3.05, 3.63) is 27.3 Å². The van der Waals surface area contributed by atoms with Crippen molar-refractivity contribution >= 4 is 34.5 Å². The molecule has 19 heavy (non-hydrogen) atoms. The van der Waals surface area contributed by atoms with Crippen molar-refractivity contribution in [3.63, 3.8) is 0 Å². The van der Waals surface area contributed by atoms with Crippen LogP contribution >= 0.6 is 22.6 Å². The molecule has 5 nitrogen and oxygen atoms in total. The summed E-state index contributed by atoms with van der Waals surface area (Å²) in [5, 5.41) is 18.8. The predicted molar refractivity (Wildman–Crippen MR) is 77.1 cm³/mol. The predicted octanol–water partition coefficient (Wildman–Crippen LogP) is 1.93. The monoisotopic (exact) mass is 375 g/mol. The van der Waals surface area contributed by atoms with E-state index in [2.05, 4.69) is 22.6 Å². The van der Waals surface area contributed by atoms with Crippen LogP contribution in [0.1, 0.15) is 23.7 Å². The van der Waals surface area contributed by atoms with E-state index in [1.54, 1.807) is 19.1 Å². The highest BCUT2D eigenvalue weighted by Crippen LogP contribution is 2.29. The summed E-state index contributed by atoms with van der Waals surface area (Å²) in [6.45, 7) is 2.14. The summed E-state index contributed by atoms with van der Waals surface area (Å²) in [4.78, 5) is 24.9. The van der Waals surface area contributed by atoms with E-state index in [-0.39, 0.29) is 23.3 Å². The fourth-order valence-electron chi connectivity index (χ4n) is 2.39. The first-order valence-corrected chi connectivity index (χ1v) is 7.02. The minimum atomic E-state index is -0.880. The van der Waals surface area contributed by atoms with Gasteiger partial charge >= 0.3 is 5.97 Å². The average Bonchev–Trinajstić information content (AvgIpc) is 2.73. The maximum absolute atomic E-state index is 12.4. The maximum Gasteiger partial charge on any atom is 0.308 e. The largest absolute Gasteiger partial charge is 0.507 e. The number of likely N-dealkylation sites (tertiary alicyclic amines) is 1. The van der Waals surface area contributed by atoms with Crippen LogP contribution in [0.4, 0.5) is 0 Å². The summed E-state index contributed by atoms with van der Waals surface area (Å²) in [7, 11) is 0. The minimum Gasteiger partial charge on any atom is -0.507 e. The molecule has 2 N–H and O–H groups in total.